The molecule has 1 fully saturated rings. The Labute approximate surface area is 118 Å². The Morgan fingerprint density at radius 3 is 2.00 bits per heavy atom. The second-order valence-corrected chi connectivity index (χ2v) is 4.92. The molecule has 0 aromatic heterocycles. The highest BCUT2D eigenvalue weighted by molar-refractivity contribution is 5.57. The van der Waals surface area contributed by atoms with E-state index in [0.29, 0.717) is 5.69 Å². The van der Waals surface area contributed by atoms with Gasteiger partial charge < -0.3 is 9.80 Å². The molecule has 3 rings (SSSR count). The molecule has 0 atom stereocenters. The van der Waals surface area contributed by atoms with Crippen LogP contribution in [0.5, 0.6) is 0 Å². The lowest BCUT2D eigenvalue weighted by Crippen LogP contribution is -2.46. The minimum atomic E-state index is 0.494. The second kappa shape index (κ2) is 5.74. The van der Waals surface area contributed by atoms with Gasteiger partial charge in [-0.2, -0.15) is 0 Å². The highest BCUT2D eigenvalue weighted by atomic mass is 16.3. The maximum absolute atomic E-state index is 10.6. The van der Waals surface area contributed by atoms with Crippen LogP contribution in [0.3, 0.4) is 0 Å². The van der Waals surface area contributed by atoms with Gasteiger partial charge in [0.15, 0.2) is 0 Å². The van der Waals surface area contributed by atoms with E-state index in [1.165, 1.54) is 5.69 Å². The van der Waals surface area contributed by atoms with Gasteiger partial charge in [0.1, 0.15) is 5.69 Å². The molecule has 0 N–H and O–H groups in total. The number of nitroso groups, excluding NO2 is 1. The number of anilines is 2. The lowest BCUT2D eigenvalue weighted by Gasteiger charge is -2.37. The summed E-state index contributed by atoms with van der Waals surface area (Å²) in [6.07, 6.45) is 0. The lowest BCUT2D eigenvalue weighted by molar-refractivity contribution is 0.653. The highest BCUT2D eigenvalue weighted by Crippen LogP contribution is 2.23. The summed E-state index contributed by atoms with van der Waals surface area (Å²) in [5.41, 5.74) is 2.85. The van der Waals surface area contributed by atoms with Gasteiger partial charge in [0, 0.05) is 37.6 Å². The van der Waals surface area contributed by atoms with E-state index < -0.39 is 0 Å². The van der Waals surface area contributed by atoms with E-state index >= 15 is 0 Å². The molecule has 0 saturated carbocycles. The zero-order chi connectivity index (χ0) is 13.8. The van der Waals surface area contributed by atoms with Crippen molar-refractivity contribution < 1.29 is 0 Å². The number of benzene rings is 2. The van der Waals surface area contributed by atoms with E-state index in [4.69, 9.17) is 0 Å². The van der Waals surface area contributed by atoms with Crippen molar-refractivity contribution in [2.24, 2.45) is 5.18 Å². The van der Waals surface area contributed by atoms with Crippen LogP contribution in [0, 0.1) is 4.91 Å². The number of hydrogen-bond acceptors (Lipinski definition) is 4. The summed E-state index contributed by atoms with van der Waals surface area (Å²) < 4.78 is 0. The maximum Gasteiger partial charge on any atom is 0.110 e. The van der Waals surface area contributed by atoms with Gasteiger partial charge in [-0.3, -0.25) is 0 Å². The van der Waals surface area contributed by atoms with Crippen LogP contribution in [0.4, 0.5) is 17.1 Å². The Hall–Kier alpha value is -2.36. The van der Waals surface area contributed by atoms with Crippen LogP contribution in [0.15, 0.2) is 59.8 Å². The molecule has 2 aromatic rings. The van der Waals surface area contributed by atoms with Gasteiger partial charge in [0.05, 0.1) is 0 Å². The van der Waals surface area contributed by atoms with Crippen LogP contribution in [0.25, 0.3) is 0 Å². The first-order valence-electron chi connectivity index (χ1n) is 6.85. The van der Waals surface area contributed by atoms with E-state index in [1.54, 1.807) is 6.07 Å². The topological polar surface area (TPSA) is 35.9 Å². The summed E-state index contributed by atoms with van der Waals surface area (Å²) in [6, 6.07) is 18.0. The molecule has 0 amide bonds. The number of rotatable bonds is 3. The van der Waals surface area contributed by atoms with Crippen molar-refractivity contribution in [1.29, 1.82) is 0 Å². The van der Waals surface area contributed by atoms with Crippen molar-refractivity contribution in [2.45, 2.75) is 0 Å². The minimum Gasteiger partial charge on any atom is -0.368 e. The molecule has 1 saturated heterocycles. The van der Waals surface area contributed by atoms with Gasteiger partial charge in [0.2, 0.25) is 0 Å². The Kier molecular flexibility index (Phi) is 3.63. The Bertz CT molecular complexity index is 577. The summed E-state index contributed by atoms with van der Waals surface area (Å²) in [4.78, 5) is 15.3. The molecule has 0 radical (unpaired) electrons. The Morgan fingerprint density at radius 2 is 1.35 bits per heavy atom. The van der Waals surface area contributed by atoms with Crippen molar-refractivity contribution >= 4 is 17.1 Å². The predicted octanol–water partition coefficient (Wildman–Crippen LogP) is 3.41. The average Bonchev–Trinajstić information content (AvgIpc) is 2.56. The summed E-state index contributed by atoms with van der Waals surface area (Å²) in [5, 5.41) is 3.00. The lowest BCUT2D eigenvalue weighted by atomic mass is 10.2. The van der Waals surface area contributed by atoms with E-state index in [-0.39, 0.29) is 0 Å². The van der Waals surface area contributed by atoms with Crippen molar-refractivity contribution in [3.8, 4) is 0 Å². The first kappa shape index (κ1) is 12.7. The smallest absolute Gasteiger partial charge is 0.110 e. The van der Waals surface area contributed by atoms with Crippen LogP contribution in [0.2, 0.25) is 0 Å². The molecule has 102 valence electrons. The van der Waals surface area contributed by atoms with Crippen molar-refractivity contribution in [1.82, 2.24) is 0 Å². The fourth-order valence-corrected chi connectivity index (χ4v) is 2.61. The van der Waals surface area contributed by atoms with Crippen LogP contribution in [-0.4, -0.2) is 26.2 Å². The molecule has 2 aromatic carbocycles. The molecular formula is C16H17N3O. The standard InChI is InChI=1S/C16H17N3O/c20-17-14-5-4-8-16(13-14)19-11-9-18(10-12-19)15-6-2-1-3-7-15/h1-8,13H,9-12H2. The summed E-state index contributed by atoms with van der Waals surface area (Å²) >= 11 is 0. The van der Waals surface area contributed by atoms with Crippen molar-refractivity contribution in [3.05, 3.63) is 59.5 Å². The fraction of sp³-hybridized carbons (Fsp3) is 0.250. The molecule has 1 aliphatic rings. The zero-order valence-corrected chi connectivity index (χ0v) is 11.3. The first-order valence-corrected chi connectivity index (χ1v) is 6.85. The summed E-state index contributed by atoms with van der Waals surface area (Å²) in [6.45, 7) is 3.89. The molecule has 4 nitrogen and oxygen atoms in total. The predicted molar refractivity (Wildman–Crippen MR) is 82.8 cm³/mol. The van der Waals surface area contributed by atoms with Crippen LogP contribution < -0.4 is 9.80 Å². The SMILES string of the molecule is O=Nc1cccc(N2CCN(c3ccccc3)CC2)c1. The number of nitrogens with zero attached hydrogens (tertiary/aromatic N) is 3. The van der Waals surface area contributed by atoms with Crippen molar-refractivity contribution in [3.63, 3.8) is 0 Å². The highest BCUT2D eigenvalue weighted by Gasteiger charge is 2.17. The van der Waals surface area contributed by atoms with Gasteiger partial charge in [-0.15, -0.1) is 4.91 Å². The third kappa shape index (κ3) is 2.64. The number of para-hydroxylation sites is 1. The first-order chi connectivity index (χ1) is 9.86. The molecule has 0 spiro atoms. The molecule has 20 heavy (non-hydrogen) atoms. The molecule has 0 unspecified atom stereocenters. The Balaban J connectivity index is 1.68. The van der Waals surface area contributed by atoms with Crippen LogP contribution in [-0.2, 0) is 0 Å². The quantitative estimate of drug-likeness (QED) is 0.799. The van der Waals surface area contributed by atoms with Gasteiger partial charge in [-0.05, 0) is 35.5 Å². The molecule has 1 aliphatic heterocycles. The maximum atomic E-state index is 10.6. The Morgan fingerprint density at radius 1 is 0.750 bits per heavy atom. The van der Waals surface area contributed by atoms with E-state index in [9.17, 15) is 4.91 Å². The van der Waals surface area contributed by atoms with Crippen molar-refractivity contribution in [2.75, 3.05) is 36.0 Å². The van der Waals surface area contributed by atoms with E-state index in [0.717, 1.165) is 31.9 Å². The second-order valence-electron chi connectivity index (χ2n) is 4.92. The van der Waals surface area contributed by atoms with Crippen LogP contribution >= 0.6 is 0 Å². The minimum absolute atomic E-state index is 0.494. The molecule has 0 bridgehead atoms. The fourth-order valence-electron chi connectivity index (χ4n) is 2.61. The van der Waals surface area contributed by atoms with Gasteiger partial charge in [-0.25, -0.2) is 0 Å². The monoisotopic (exact) mass is 267 g/mol. The average molecular weight is 267 g/mol. The third-order valence-electron chi connectivity index (χ3n) is 3.70. The molecule has 1 heterocycles. The summed E-state index contributed by atoms with van der Waals surface area (Å²) in [5.74, 6) is 0. The number of hydrogen-bond donors (Lipinski definition) is 0. The zero-order valence-electron chi connectivity index (χ0n) is 11.3. The van der Waals surface area contributed by atoms with Gasteiger partial charge >= 0.3 is 0 Å². The summed E-state index contributed by atoms with van der Waals surface area (Å²) in [7, 11) is 0. The normalized spacial score (nSPS) is 15.2. The molecular weight excluding hydrogens is 250 g/mol. The molecule has 0 aliphatic carbocycles. The van der Waals surface area contributed by atoms with Gasteiger partial charge in [0.25, 0.3) is 0 Å². The van der Waals surface area contributed by atoms with E-state index in [2.05, 4.69) is 39.2 Å². The van der Waals surface area contributed by atoms with E-state index in [1.807, 2.05) is 24.3 Å². The third-order valence-corrected chi connectivity index (χ3v) is 3.70. The largest absolute Gasteiger partial charge is 0.368 e. The number of piperazine rings is 1. The van der Waals surface area contributed by atoms with Gasteiger partial charge in [-0.1, -0.05) is 24.3 Å². The van der Waals surface area contributed by atoms with Crippen LogP contribution in [0.1, 0.15) is 0 Å². The molecule has 4 heteroatoms.